The van der Waals surface area contributed by atoms with Gasteiger partial charge in [-0.3, -0.25) is 24.3 Å². The normalized spacial score (nSPS) is 12.1. The zero-order valence-corrected chi connectivity index (χ0v) is 21.4. The second-order valence-corrected chi connectivity index (χ2v) is 9.12. The molecule has 2 aromatic carbocycles. The molecule has 41 heavy (non-hydrogen) atoms. The van der Waals surface area contributed by atoms with Crippen LogP contribution >= 0.6 is 11.6 Å². The summed E-state index contributed by atoms with van der Waals surface area (Å²) in [6, 6.07) is 10.1. The van der Waals surface area contributed by atoms with Crippen molar-refractivity contribution in [1.29, 1.82) is 0 Å². The zero-order valence-electron chi connectivity index (χ0n) is 20.6. The predicted molar refractivity (Wildman–Crippen MR) is 140 cm³/mol. The average molecular weight is 590 g/mol. The third-order valence-electron chi connectivity index (χ3n) is 5.79. The van der Waals surface area contributed by atoms with Gasteiger partial charge < -0.3 is 20.5 Å². The van der Waals surface area contributed by atoms with Gasteiger partial charge in [0.1, 0.15) is 16.9 Å². The number of carboxylic acid groups (broad SMARTS) is 1. The standard InChI is InChI=1S/C26H19ClF3N5O6/c27-20-10-18-21(23(38)34-20)32-15(11-31-18)12-35(25(41)26(28,29)30)16-5-3-14(4-6-16)22(37)33-19(24(39)40)9-13-1-7-17(36)8-2-13/h1-8,10-11,19,36H,9,12H2,(H,33,37)(H,34,38)(H,39,40)/t19-/m0/s1. The van der Waals surface area contributed by atoms with Gasteiger partial charge in [-0.15, -0.1) is 0 Å². The van der Waals surface area contributed by atoms with Gasteiger partial charge in [-0.05, 0) is 42.0 Å². The second kappa shape index (κ2) is 11.6. The van der Waals surface area contributed by atoms with Crippen molar-refractivity contribution in [3.8, 4) is 5.75 Å². The molecule has 212 valence electrons. The Morgan fingerprint density at radius 2 is 1.73 bits per heavy atom. The number of anilines is 1. The van der Waals surface area contributed by atoms with E-state index in [9.17, 15) is 42.6 Å². The number of aromatic amines is 1. The van der Waals surface area contributed by atoms with Crippen molar-refractivity contribution in [2.75, 3.05) is 4.90 Å². The summed E-state index contributed by atoms with van der Waals surface area (Å²) in [4.78, 5) is 59.5. The molecule has 4 rings (SSSR count). The first-order chi connectivity index (χ1) is 19.3. The van der Waals surface area contributed by atoms with E-state index in [1.54, 1.807) is 0 Å². The second-order valence-electron chi connectivity index (χ2n) is 8.71. The largest absolute Gasteiger partial charge is 0.508 e. The first-order valence-electron chi connectivity index (χ1n) is 11.7. The maximum atomic E-state index is 13.4. The summed E-state index contributed by atoms with van der Waals surface area (Å²) in [5.41, 5.74) is -0.780. The monoisotopic (exact) mass is 589 g/mol. The molecule has 0 fully saturated rings. The van der Waals surface area contributed by atoms with Crippen molar-refractivity contribution < 1.29 is 37.8 Å². The molecular weight excluding hydrogens is 571 g/mol. The van der Waals surface area contributed by atoms with Crippen LogP contribution in [0.4, 0.5) is 18.9 Å². The van der Waals surface area contributed by atoms with Gasteiger partial charge in [0.25, 0.3) is 11.5 Å². The molecule has 4 N–H and O–H groups in total. The third-order valence-corrected chi connectivity index (χ3v) is 5.99. The van der Waals surface area contributed by atoms with Crippen molar-refractivity contribution in [3.63, 3.8) is 0 Å². The number of carbonyl (C=O) groups excluding carboxylic acids is 2. The molecule has 4 aromatic rings. The number of benzene rings is 2. The summed E-state index contributed by atoms with van der Waals surface area (Å²) in [6.45, 7) is -0.720. The lowest BCUT2D eigenvalue weighted by Gasteiger charge is -2.24. The summed E-state index contributed by atoms with van der Waals surface area (Å²) in [5.74, 6) is -4.41. The topological polar surface area (TPSA) is 166 Å². The number of phenolic OH excluding ortho intramolecular Hbond substituents is 1. The number of alkyl halides is 3. The van der Waals surface area contributed by atoms with Gasteiger partial charge in [0.2, 0.25) is 0 Å². The summed E-state index contributed by atoms with van der Waals surface area (Å²) >= 11 is 5.77. The number of halogens is 4. The number of hydrogen-bond acceptors (Lipinski definition) is 7. The summed E-state index contributed by atoms with van der Waals surface area (Å²) in [5, 5.41) is 21.2. The van der Waals surface area contributed by atoms with Crippen LogP contribution in [0, 0.1) is 0 Å². The van der Waals surface area contributed by atoms with E-state index in [4.69, 9.17) is 11.6 Å². The molecule has 0 aliphatic rings. The van der Waals surface area contributed by atoms with E-state index < -0.39 is 42.1 Å². The number of hydrogen-bond donors (Lipinski definition) is 4. The van der Waals surface area contributed by atoms with E-state index in [2.05, 4.69) is 20.3 Å². The molecule has 0 saturated heterocycles. The van der Waals surface area contributed by atoms with Crippen LogP contribution < -0.4 is 15.8 Å². The van der Waals surface area contributed by atoms with Gasteiger partial charge in [-0.1, -0.05) is 23.7 Å². The number of aromatic nitrogens is 3. The van der Waals surface area contributed by atoms with Gasteiger partial charge in [0.15, 0.2) is 5.52 Å². The van der Waals surface area contributed by atoms with E-state index in [0.717, 1.165) is 30.5 Å². The minimum atomic E-state index is -5.27. The Balaban J connectivity index is 1.57. The summed E-state index contributed by atoms with van der Waals surface area (Å²) < 4.78 is 40.3. The third kappa shape index (κ3) is 6.97. The number of nitrogens with zero attached hydrogens (tertiary/aromatic N) is 3. The van der Waals surface area contributed by atoms with E-state index in [1.165, 1.54) is 30.3 Å². The number of carbonyl (C=O) groups is 3. The van der Waals surface area contributed by atoms with Gasteiger partial charge >= 0.3 is 18.1 Å². The quantitative estimate of drug-likeness (QED) is 0.227. The molecule has 2 heterocycles. The molecule has 0 radical (unpaired) electrons. The Labute approximate surface area is 233 Å². The minimum Gasteiger partial charge on any atom is -0.508 e. The molecule has 0 unspecified atom stereocenters. The van der Waals surface area contributed by atoms with E-state index >= 15 is 0 Å². The Morgan fingerprint density at radius 1 is 1.07 bits per heavy atom. The van der Waals surface area contributed by atoms with Gasteiger partial charge in [-0.2, -0.15) is 13.2 Å². The molecule has 0 spiro atoms. The number of carboxylic acids is 1. The highest BCUT2D eigenvalue weighted by molar-refractivity contribution is 6.29. The van der Waals surface area contributed by atoms with Crippen molar-refractivity contribution in [2.45, 2.75) is 25.2 Å². The highest BCUT2D eigenvalue weighted by Gasteiger charge is 2.43. The Kier molecular flexibility index (Phi) is 8.23. The fourth-order valence-corrected chi connectivity index (χ4v) is 3.99. The van der Waals surface area contributed by atoms with Crippen molar-refractivity contribution in [3.05, 3.63) is 93.1 Å². The zero-order chi connectivity index (χ0) is 29.9. The van der Waals surface area contributed by atoms with E-state index in [1.807, 2.05) is 0 Å². The lowest BCUT2D eigenvalue weighted by atomic mass is 10.1. The van der Waals surface area contributed by atoms with Gasteiger partial charge in [0, 0.05) is 23.7 Å². The first-order valence-corrected chi connectivity index (χ1v) is 12.0. The fraction of sp³-hybridized carbons (Fsp3) is 0.154. The first kappa shape index (κ1) is 29.0. The van der Waals surface area contributed by atoms with E-state index in [-0.39, 0.29) is 45.3 Å². The number of aromatic hydroxyl groups is 1. The maximum Gasteiger partial charge on any atom is 0.471 e. The van der Waals surface area contributed by atoms with E-state index in [0.29, 0.717) is 10.5 Å². The van der Waals surface area contributed by atoms with Gasteiger partial charge in [0.05, 0.1) is 24.0 Å². The highest BCUT2D eigenvalue weighted by atomic mass is 35.5. The number of amides is 2. The number of pyridine rings is 1. The Hall–Kier alpha value is -4.98. The average Bonchev–Trinajstić information content (AvgIpc) is 2.92. The smallest absolute Gasteiger partial charge is 0.471 e. The molecule has 11 nitrogen and oxygen atoms in total. The number of H-pyrrole nitrogens is 1. The van der Waals surface area contributed by atoms with Crippen molar-refractivity contribution in [1.82, 2.24) is 20.3 Å². The van der Waals surface area contributed by atoms with Crippen LogP contribution in [0.5, 0.6) is 5.75 Å². The molecule has 15 heteroatoms. The molecule has 0 bridgehead atoms. The minimum absolute atomic E-state index is 0.0161. The van der Waals surface area contributed by atoms with Crippen LogP contribution in [0.1, 0.15) is 21.6 Å². The summed E-state index contributed by atoms with van der Waals surface area (Å²) in [7, 11) is 0. The molecule has 0 saturated carbocycles. The van der Waals surface area contributed by atoms with Crippen LogP contribution in [0.2, 0.25) is 5.15 Å². The van der Waals surface area contributed by atoms with Crippen LogP contribution in [-0.4, -0.2) is 55.2 Å². The molecule has 2 amide bonds. The highest BCUT2D eigenvalue weighted by Crippen LogP contribution is 2.26. The summed E-state index contributed by atoms with van der Waals surface area (Å²) in [6.07, 6.45) is -4.28. The molecule has 1 atom stereocenters. The molecule has 2 aromatic heterocycles. The Bertz CT molecular complexity index is 1680. The number of fused-ring (bicyclic) bond motifs is 1. The lowest BCUT2D eigenvalue weighted by molar-refractivity contribution is -0.170. The number of aliphatic carboxylic acids is 1. The SMILES string of the molecule is O=C(N[C@@H](Cc1ccc(O)cc1)C(=O)O)c1ccc(N(Cc2cnc3cc(Cl)[nH]c(=O)c3n2)C(=O)C(F)(F)F)cc1. The molecule has 0 aliphatic carbocycles. The Morgan fingerprint density at radius 3 is 2.34 bits per heavy atom. The fourth-order valence-electron chi connectivity index (χ4n) is 3.81. The van der Waals surface area contributed by atoms with Crippen LogP contribution in [0.15, 0.2) is 65.6 Å². The van der Waals surface area contributed by atoms with Crippen LogP contribution in [0.3, 0.4) is 0 Å². The number of phenols is 1. The van der Waals surface area contributed by atoms with Crippen molar-refractivity contribution >= 4 is 46.1 Å². The van der Waals surface area contributed by atoms with Crippen LogP contribution in [0.25, 0.3) is 11.0 Å². The van der Waals surface area contributed by atoms with Crippen LogP contribution in [-0.2, 0) is 22.6 Å². The molecular formula is C26H19ClF3N5O6. The van der Waals surface area contributed by atoms with Gasteiger partial charge in [-0.25, -0.2) is 9.78 Å². The number of rotatable bonds is 8. The lowest BCUT2D eigenvalue weighted by Crippen LogP contribution is -2.42. The van der Waals surface area contributed by atoms with Crippen molar-refractivity contribution in [2.24, 2.45) is 0 Å². The maximum absolute atomic E-state index is 13.4. The molecule has 0 aliphatic heterocycles. The predicted octanol–water partition coefficient (Wildman–Crippen LogP) is 3.20. The number of nitrogens with one attached hydrogen (secondary N) is 2.